The van der Waals surface area contributed by atoms with Gasteiger partial charge in [0.1, 0.15) is 5.75 Å². The lowest BCUT2D eigenvalue weighted by Gasteiger charge is -2.34. The van der Waals surface area contributed by atoms with Gasteiger partial charge in [0.15, 0.2) is 11.5 Å². The smallest absolute Gasteiger partial charge is 0.231 e. The Kier molecular flexibility index (Phi) is 5.04. The molecule has 30 heavy (non-hydrogen) atoms. The second kappa shape index (κ2) is 8.14. The van der Waals surface area contributed by atoms with E-state index in [0.717, 1.165) is 42.3 Å². The Morgan fingerprint density at radius 3 is 2.70 bits per heavy atom. The van der Waals surface area contributed by atoms with Crippen LogP contribution in [0.2, 0.25) is 0 Å². The van der Waals surface area contributed by atoms with Crippen LogP contribution in [0.25, 0.3) is 0 Å². The molecule has 0 radical (unpaired) electrons. The second-order valence-electron chi connectivity index (χ2n) is 7.51. The minimum atomic E-state index is 0.0440. The van der Waals surface area contributed by atoms with E-state index in [4.69, 9.17) is 14.2 Å². The van der Waals surface area contributed by atoms with E-state index in [9.17, 15) is 0 Å². The van der Waals surface area contributed by atoms with Crippen molar-refractivity contribution in [2.75, 3.05) is 20.4 Å². The zero-order valence-corrected chi connectivity index (χ0v) is 16.9. The third-order valence-corrected chi connectivity index (χ3v) is 5.65. The standard InChI is InChI=1S/C26H23NO3/c1-28-22-10-6-19(7-11-22)8-12-24-23-5-3-2-4-21(23)14-15-27(24)17-20-9-13-25-26(16-20)30-18-29-25/h2-7,9-11,13,16,24H,14-15,17-18H2,1H3/t24-/m0/s1. The zero-order valence-electron chi connectivity index (χ0n) is 16.9. The molecule has 3 aromatic carbocycles. The first-order valence-corrected chi connectivity index (χ1v) is 10.2. The van der Waals surface area contributed by atoms with E-state index < -0.39 is 0 Å². The molecule has 1 atom stereocenters. The summed E-state index contributed by atoms with van der Waals surface area (Å²) in [5, 5.41) is 0. The first-order chi connectivity index (χ1) is 14.8. The van der Waals surface area contributed by atoms with Gasteiger partial charge in [-0.05, 0) is 59.5 Å². The van der Waals surface area contributed by atoms with Crippen molar-refractivity contribution in [2.45, 2.75) is 19.0 Å². The van der Waals surface area contributed by atoms with E-state index in [1.807, 2.05) is 30.3 Å². The maximum Gasteiger partial charge on any atom is 0.231 e. The third-order valence-electron chi connectivity index (χ3n) is 5.65. The monoisotopic (exact) mass is 397 g/mol. The lowest BCUT2D eigenvalue weighted by Crippen LogP contribution is -2.34. The molecule has 2 aliphatic rings. The summed E-state index contributed by atoms with van der Waals surface area (Å²) in [6, 6.07) is 22.8. The predicted molar refractivity (Wildman–Crippen MR) is 116 cm³/mol. The number of rotatable bonds is 3. The van der Waals surface area contributed by atoms with E-state index >= 15 is 0 Å². The van der Waals surface area contributed by atoms with Crippen molar-refractivity contribution in [1.29, 1.82) is 0 Å². The second-order valence-corrected chi connectivity index (χ2v) is 7.51. The minimum Gasteiger partial charge on any atom is -0.497 e. The van der Waals surface area contributed by atoms with Crippen LogP contribution in [-0.4, -0.2) is 25.3 Å². The van der Waals surface area contributed by atoms with Gasteiger partial charge in [-0.25, -0.2) is 0 Å². The van der Waals surface area contributed by atoms with Gasteiger partial charge in [0.25, 0.3) is 0 Å². The van der Waals surface area contributed by atoms with E-state index in [1.165, 1.54) is 16.7 Å². The highest BCUT2D eigenvalue weighted by Crippen LogP contribution is 2.35. The predicted octanol–water partition coefficient (Wildman–Crippen LogP) is 4.58. The summed E-state index contributed by atoms with van der Waals surface area (Å²) in [5.41, 5.74) is 4.87. The Hall–Kier alpha value is -3.42. The number of hydrogen-bond donors (Lipinski definition) is 0. The fraction of sp³-hybridized carbons (Fsp3) is 0.231. The van der Waals surface area contributed by atoms with Crippen LogP contribution < -0.4 is 14.2 Å². The highest BCUT2D eigenvalue weighted by molar-refractivity contribution is 5.46. The molecule has 0 spiro atoms. The molecule has 0 fully saturated rings. The van der Waals surface area contributed by atoms with Gasteiger partial charge in [-0.2, -0.15) is 0 Å². The maximum atomic E-state index is 5.56. The number of fused-ring (bicyclic) bond motifs is 2. The Bertz CT molecular complexity index is 1110. The summed E-state index contributed by atoms with van der Waals surface area (Å²) in [4.78, 5) is 2.44. The average molecular weight is 397 g/mol. The molecule has 0 aromatic heterocycles. The molecule has 0 saturated carbocycles. The lowest BCUT2D eigenvalue weighted by molar-refractivity contribution is 0.173. The highest BCUT2D eigenvalue weighted by atomic mass is 16.7. The van der Waals surface area contributed by atoms with Crippen LogP contribution in [0.3, 0.4) is 0 Å². The molecule has 0 saturated heterocycles. The first-order valence-electron chi connectivity index (χ1n) is 10.2. The molecule has 150 valence electrons. The number of benzene rings is 3. The van der Waals surface area contributed by atoms with Crippen LogP contribution in [0.4, 0.5) is 0 Å². The van der Waals surface area contributed by atoms with Gasteiger partial charge in [-0.1, -0.05) is 42.2 Å². The fourth-order valence-corrected chi connectivity index (χ4v) is 4.06. The maximum absolute atomic E-state index is 5.56. The third kappa shape index (κ3) is 3.72. The van der Waals surface area contributed by atoms with E-state index in [0.29, 0.717) is 6.79 Å². The van der Waals surface area contributed by atoms with E-state index in [2.05, 4.69) is 53.1 Å². The Morgan fingerprint density at radius 1 is 1.00 bits per heavy atom. The summed E-state index contributed by atoms with van der Waals surface area (Å²) in [5.74, 6) is 9.39. The van der Waals surface area contributed by atoms with Crippen LogP contribution in [0.1, 0.15) is 28.3 Å². The van der Waals surface area contributed by atoms with Crippen molar-refractivity contribution in [1.82, 2.24) is 4.90 Å². The molecule has 2 aliphatic heterocycles. The normalized spacial score (nSPS) is 17.0. The van der Waals surface area contributed by atoms with Gasteiger partial charge in [0.2, 0.25) is 6.79 Å². The summed E-state index contributed by atoms with van der Waals surface area (Å²) in [7, 11) is 1.67. The zero-order chi connectivity index (χ0) is 20.3. The molecule has 4 nitrogen and oxygen atoms in total. The van der Waals surface area contributed by atoms with Crippen molar-refractivity contribution in [3.05, 3.63) is 89.0 Å². The molecular weight excluding hydrogens is 374 g/mol. The quantitative estimate of drug-likeness (QED) is 0.606. The van der Waals surface area contributed by atoms with Crippen molar-refractivity contribution in [2.24, 2.45) is 0 Å². The number of hydrogen-bond acceptors (Lipinski definition) is 4. The Balaban J connectivity index is 1.44. The summed E-state index contributed by atoms with van der Waals surface area (Å²) in [6.07, 6.45) is 1.03. The van der Waals surface area contributed by atoms with Crippen molar-refractivity contribution in [3.63, 3.8) is 0 Å². The molecule has 0 bridgehead atoms. The van der Waals surface area contributed by atoms with Crippen LogP contribution in [0.5, 0.6) is 17.2 Å². The molecule has 0 amide bonds. The molecule has 2 heterocycles. The minimum absolute atomic E-state index is 0.0440. The van der Waals surface area contributed by atoms with Crippen molar-refractivity contribution in [3.8, 4) is 29.1 Å². The van der Waals surface area contributed by atoms with Gasteiger partial charge in [-0.15, -0.1) is 0 Å². The topological polar surface area (TPSA) is 30.9 Å². The Labute approximate surface area is 177 Å². The molecular formula is C26H23NO3. The molecule has 0 unspecified atom stereocenters. The fourth-order valence-electron chi connectivity index (χ4n) is 4.06. The highest BCUT2D eigenvalue weighted by Gasteiger charge is 2.26. The first kappa shape index (κ1) is 18.6. The molecule has 4 heteroatoms. The van der Waals surface area contributed by atoms with Gasteiger partial charge < -0.3 is 14.2 Å². The average Bonchev–Trinajstić information content (AvgIpc) is 3.26. The molecule has 5 rings (SSSR count). The van der Waals surface area contributed by atoms with Crippen LogP contribution in [-0.2, 0) is 13.0 Å². The van der Waals surface area contributed by atoms with Crippen LogP contribution in [0.15, 0.2) is 66.7 Å². The summed E-state index contributed by atoms with van der Waals surface area (Å²) < 4.78 is 16.3. The van der Waals surface area contributed by atoms with Gasteiger partial charge in [0, 0.05) is 18.7 Å². The van der Waals surface area contributed by atoms with Crippen molar-refractivity contribution < 1.29 is 14.2 Å². The van der Waals surface area contributed by atoms with Gasteiger partial charge >= 0.3 is 0 Å². The van der Waals surface area contributed by atoms with Gasteiger partial charge in [0.05, 0.1) is 13.2 Å². The Morgan fingerprint density at radius 2 is 1.83 bits per heavy atom. The number of ether oxygens (including phenoxy) is 3. The summed E-state index contributed by atoms with van der Waals surface area (Å²) in [6.45, 7) is 2.08. The lowest BCUT2D eigenvalue weighted by atomic mass is 9.92. The SMILES string of the molecule is COc1ccc(C#C[C@H]2c3ccccc3CCN2Cc2ccc3c(c2)OCO3)cc1. The van der Waals surface area contributed by atoms with Crippen LogP contribution >= 0.6 is 0 Å². The molecule has 0 N–H and O–H groups in total. The summed E-state index contributed by atoms with van der Waals surface area (Å²) >= 11 is 0. The van der Waals surface area contributed by atoms with E-state index in [1.54, 1.807) is 7.11 Å². The number of nitrogens with zero attached hydrogens (tertiary/aromatic N) is 1. The van der Waals surface area contributed by atoms with Crippen LogP contribution in [0, 0.1) is 11.8 Å². The van der Waals surface area contributed by atoms with Crippen molar-refractivity contribution >= 4 is 0 Å². The van der Waals surface area contributed by atoms with Gasteiger partial charge in [-0.3, -0.25) is 4.90 Å². The molecule has 0 aliphatic carbocycles. The largest absolute Gasteiger partial charge is 0.497 e. The molecule has 3 aromatic rings. The van der Waals surface area contributed by atoms with E-state index in [-0.39, 0.29) is 6.04 Å². The number of methoxy groups -OCH3 is 1.